The van der Waals surface area contributed by atoms with E-state index in [1.807, 2.05) is 0 Å². The summed E-state index contributed by atoms with van der Waals surface area (Å²) in [5, 5.41) is 0. The maximum atomic E-state index is 10.6. The van der Waals surface area contributed by atoms with Crippen LogP contribution in [-0.4, -0.2) is 34.4 Å². The molecule has 0 aliphatic carbocycles. The molecule has 0 aliphatic rings. The highest BCUT2D eigenvalue weighted by molar-refractivity contribution is 7.92. The predicted molar refractivity (Wildman–Crippen MR) is 38.1 cm³/mol. The summed E-state index contributed by atoms with van der Waals surface area (Å²) in [6, 6.07) is 0. The minimum absolute atomic E-state index is 0.00417. The fourth-order valence-electron chi connectivity index (χ4n) is 0.339. The quantitative estimate of drug-likeness (QED) is 0.543. The molecule has 10 heavy (non-hydrogen) atoms. The Bertz CT molecular complexity index is 205. The van der Waals surface area contributed by atoms with Gasteiger partial charge >= 0.3 is 0 Å². The number of sulfone groups is 1. The Balaban J connectivity index is 3.81. The van der Waals surface area contributed by atoms with Crippen molar-refractivity contribution in [2.24, 2.45) is 0 Å². The van der Waals surface area contributed by atoms with Crippen LogP contribution in [0.5, 0.6) is 0 Å². The molecule has 0 aromatic heterocycles. The zero-order chi connectivity index (χ0) is 8.20. The zero-order valence-electron chi connectivity index (χ0n) is 5.57. The second-order valence-corrected chi connectivity index (χ2v) is 5.23. The molecule has 1 unspecified atom stereocenters. The van der Waals surface area contributed by atoms with Crippen LogP contribution >= 0.6 is 0 Å². The smallest absolute Gasteiger partial charge is 0.150 e. The summed E-state index contributed by atoms with van der Waals surface area (Å²) in [5.41, 5.74) is 0. The van der Waals surface area contributed by atoms with Crippen LogP contribution in [0.2, 0.25) is 0 Å². The van der Waals surface area contributed by atoms with Crippen LogP contribution in [0.4, 0.5) is 0 Å². The molecule has 4 nitrogen and oxygen atoms in total. The van der Waals surface area contributed by atoms with Gasteiger partial charge in [0.25, 0.3) is 0 Å². The Hall–Kier alpha value is 0.0600. The molecule has 0 saturated heterocycles. The normalized spacial score (nSPS) is 15.0. The van der Waals surface area contributed by atoms with Crippen molar-refractivity contribution < 1.29 is 17.2 Å². The molecular formula is C4H9O4S2-. The Morgan fingerprint density at radius 1 is 1.50 bits per heavy atom. The average molecular weight is 185 g/mol. The van der Waals surface area contributed by atoms with Crippen molar-refractivity contribution in [3.05, 3.63) is 0 Å². The summed E-state index contributed by atoms with van der Waals surface area (Å²) >= 11 is -2.24. The van der Waals surface area contributed by atoms with Crippen molar-refractivity contribution in [3.8, 4) is 0 Å². The first-order chi connectivity index (χ1) is 4.48. The van der Waals surface area contributed by atoms with Crippen LogP contribution in [0.1, 0.15) is 6.92 Å². The summed E-state index contributed by atoms with van der Waals surface area (Å²) in [7, 11) is -3.11. The highest BCUT2D eigenvalue weighted by atomic mass is 32.2. The Labute approximate surface area is 62.8 Å². The van der Waals surface area contributed by atoms with Gasteiger partial charge in [-0.1, -0.05) is 18.0 Å². The summed E-state index contributed by atoms with van der Waals surface area (Å²) in [4.78, 5) is 0. The van der Waals surface area contributed by atoms with Crippen LogP contribution in [-0.2, 0) is 20.9 Å². The van der Waals surface area contributed by atoms with Crippen LogP contribution in [0.3, 0.4) is 0 Å². The molecule has 0 spiro atoms. The van der Waals surface area contributed by atoms with E-state index in [0.29, 0.717) is 0 Å². The molecule has 0 saturated carbocycles. The van der Waals surface area contributed by atoms with E-state index in [2.05, 4.69) is 0 Å². The van der Waals surface area contributed by atoms with Crippen LogP contribution in [0.15, 0.2) is 0 Å². The summed E-state index contributed by atoms with van der Waals surface area (Å²) in [5.74, 6) is -0.556. The van der Waals surface area contributed by atoms with Crippen molar-refractivity contribution in [2.45, 2.75) is 6.92 Å². The van der Waals surface area contributed by atoms with Gasteiger partial charge in [-0.15, -0.1) is 0 Å². The first-order valence-electron chi connectivity index (χ1n) is 2.74. The van der Waals surface area contributed by atoms with Gasteiger partial charge in [0.15, 0.2) is 9.84 Å². The van der Waals surface area contributed by atoms with E-state index in [4.69, 9.17) is 0 Å². The molecule has 0 rings (SSSR count). The van der Waals surface area contributed by atoms with Gasteiger partial charge in [0.2, 0.25) is 0 Å². The van der Waals surface area contributed by atoms with Gasteiger partial charge in [-0.2, -0.15) is 0 Å². The van der Waals surface area contributed by atoms with E-state index in [0.717, 1.165) is 0 Å². The maximum Gasteiger partial charge on any atom is 0.150 e. The van der Waals surface area contributed by atoms with Crippen molar-refractivity contribution in [1.82, 2.24) is 0 Å². The highest BCUT2D eigenvalue weighted by Gasteiger charge is 2.05. The Morgan fingerprint density at radius 3 is 2.30 bits per heavy atom. The molecule has 1 atom stereocenters. The molecule has 0 aliphatic heterocycles. The first-order valence-corrected chi connectivity index (χ1v) is 5.81. The lowest BCUT2D eigenvalue weighted by atomic mass is 10.9. The van der Waals surface area contributed by atoms with Gasteiger partial charge < -0.3 is 4.55 Å². The molecule has 6 heteroatoms. The average Bonchev–Trinajstić information content (AvgIpc) is 1.85. The maximum absolute atomic E-state index is 10.6. The van der Waals surface area contributed by atoms with Crippen molar-refractivity contribution in [1.29, 1.82) is 0 Å². The zero-order valence-corrected chi connectivity index (χ0v) is 7.20. The third kappa shape index (κ3) is 4.89. The second kappa shape index (κ2) is 4.05. The van der Waals surface area contributed by atoms with Crippen molar-refractivity contribution >= 4 is 20.9 Å². The fraction of sp³-hybridized carbons (Fsp3) is 1.00. The molecule has 0 radical (unpaired) electrons. The Morgan fingerprint density at radius 2 is 2.00 bits per heavy atom. The van der Waals surface area contributed by atoms with Crippen LogP contribution < -0.4 is 0 Å². The molecule has 0 aromatic carbocycles. The van der Waals surface area contributed by atoms with E-state index in [9.17, 15) is 17.2 Å². The number of hydrogen-bond donors (Lipinski definition) is 0. The van der Waals surface area contributed by atoms with Gasteiger partial charge in [0.05, 0.1) is 5.75 Å². The standard InChI is InChI=1S/C4H10O4S2/c1-2-10(7,8)4-3-9(5)6/h2-4H2,1H3,(H,5,6)/p-1. The monoisotopic (exact) mass is 185 g/mol. The summed E-state index contributed by atoms with van der Waals surface area (Å²) in [6.07, 6.45) is 0. The third-order valence-corrected chi connectivity index (χ3v) is 3.50. The molecular weight excluding hydrogens is 176 g/mol. The molecule has 0 bridgehead atoms. The fourth-order valence-corrected chi connectivity index (χ4v) is 2.19. The summed E-state index contributed by atoms with van der Waals surface area (Å²) < 4.78 is 41.1. The van der Waals surface area contributed by atoms with E-state index in [1.54, 1.807) is 0 Å². The van der Waals surface area contributed by atoms with Gasteiger partial charge in [-0.3, -0.25) is 4.21 Å². The Kier molecular flexibility index (Phi) is 4.07. The lowest BCUT2D eigenvalue weighted by molar-refractivity contribution is 0.537. The number of rotatable bonds is 4. The molecule has 62 valence electrons. The van der Waals surface area contributed by atoms with Crippen molar-refractivity contribution in [2.75, 3.05) is 17.3 Å². The molecule has 0 aromatic rings. The topological polar surface area (TPSA) is 74.3 Å². The van der Waals surface area contributed by atoms with E-state index >= 15 is 0 Å². The lowest BCUT2D eigenvalue weighted by Gasteiger charge is -2.03. The third-order valence-electron chi connectivity index (χ3n) is 1.00. The molecule has 0 amide bonds. The van der Waals surface area contributed by atoms with Crippen LogP contribution in [0.25, 0.3) is 0 Å². The van der Waals surface area contributed by atoms with E-state index in [1.165, 1.54) is 6.92 Å². The SMILES string of the molecule is CCS(=O)(=O)CCS(=O)[O-]. The van der Waals surface area contributed by atoms with Gasteiger partial charge in [0.1, 0.15) is 0 Å². The van der Waals surface area contributed by atoms with E-state index < -0.39 is 20.9 Å². The second-order valence-electron chi connectivity index (χ2n) is 1.74. The minimum Gasteiger partial charge on any atom is -0.772 e. The van der Waals surface area contributed by atoms with Gasteiger partial charge in [0, 0.05) is 11.5 Å². The molecule has 0 N–H and O–H groups in total. The summed E-state index contributed by atoms with van der Waals surface area (Å²) in [6.45, 7) is 1.49. The molecule has 0 heterocycles. The molecule has 0 fully saturated rings. The predicted octanol–water partition coefficient (Wildman–Crippen LogP) is -0.700. The van der Waals surface area contributed by atoms with Gasteiger partial charge in [-0.05, 0) is 0 Å². The van der Waals surface area contributed by atoms with E-state index in [-0.39, 0.29) is 17.3 Å². The number of hydrogen-bond acceptors (Lipinski definition) is 4. The largest absolute Gasteiger partial charge is 0.772 e. The van der Waals surface area contributed by atoms with Gasteiger partial charge in [-0.25, -0.2) is 8.42 Å². The first kappa shape index (κ1) is 10.1. The highest BCUT2D eigenvalue weighted by Crippen LogP contribution is 1.89. The minimum atomic E-state index is -3.11. The lowest BCUT2D eigenvalue weighted by Crippen LogP contribution is -2.14. The van der Waals surface area contributed by atoms with Crippen LogP contribution in [0, 0.1) is 0 Å². The van der Waals surface area contributed by atoms with Crippen molar-refractivity contribution in [3.63, 3.8) is 0 Å².